The van der Waals surface area contributed by atoms with Crippen LogP contribution < -0.4 is 5.32 Å². The topological polar surface area (TPSA) is 97.3 Å². The molecule has 0 bridgehead atoms. The number of aliphatic hydroxyl groups excluding tert-OH is 1. The largest absolute Gasteiger partial charge is 0.453 e. The Labute approximate surface area is 218 Å². The van der Waals surface area contributed by atoms with Crippen LogP contribution in [0.15, 0.2) is 48.5 Å². The van der Waals surface area contributed by atoms with Gasteiger partial charge in [-0.05, 0) is 49.5 Å². The Morgan fingerprint density at radius 1 is 1.00 bits per heavy atom. The first-order valence-electron chi connectivity index (χ1n) is 13.2. The average Bonchev–Trinajstić information content (AvgIpc) is 2.92. The van der Waals surface area contributed by atoms with Crippen molar-refractivity contribution in [2.24, 2.45) is 0 Å². The number of likely N-dealkylation sites (tertiary alicyclic amines) is 1. The number of aliphatic hydroxyl groups is 1. The summed E-state index contributed by atoms with van der Waals surface area (Å²) in [5.41, 5.74) is 3.80. The van der Waals surface area contributed by atoms with E-state index in [4.69, 9.17) is 14.2 Å². The zero-order valence-electron chi connectivity index (χ0n) is 21.7. The summed E-state index contributed by atoms with van der Waals surface area (Å²) in [6, 6.07) is 15.8. The number of benzene rings is 2. The van der Waals surface area contributed by atoms with Crippen molar-refractivity contribution in [1.82, 2.24) is 10.2 Å². The number of hydrogen-bond donors (Lipinski definition) is 2. The summed E-state index contributed by atoms with van der Waals surface area (Å²) >= 11 is 0. The van der Waals surface area contributed by atoms with Gasteiger partial charge in [0.1, 0.15) is 0 Å². The molecule has 1 amide bonds. The van der Waals surface area contributed by atoms with E-state index in [0.29, 0.717) is 6.54 Å². The normalized spacial score (nSPS) is 23.3. The van der Waals surface area contributed by atoms with E-state index >= 15 is 0 Å². The molecular weight excluding hydrogens is 472 g/mol. The standard InChI is InChI=1S/C29H38N2O6/c1-20(35-21(2)33)28(34)30-17-22-6-12-25(13-7-22)29-36-26(18-31-14-4-3-5-15-31)16-27(37-29)24-10-8-23(19-32)9-11-24/h6-13,20,26-27,29,32H,3-5,14-19H2,1-2H3,(H,30,34)/t20-,26-,27+,29+/m0/s1. The second kappa shape index (κ2) is 13.1. The fraction of sp³-hybridized carbons (Fsp3) is 0.517. The molecule has 0 spiro atoms. The summed E-state index contributed by atoms with van der Waals surface area (Å²) in [6.07, 6.45) is 3.13. The van der Waals surface area contributed by atoms with Crippen molar-refractivity contribution in [3.63, 3.8) is 0 Å². The smallest absolute Gasteiger partial charge is 0.303 e. The second-order valence-electron chi connectivity index (χ2n) is 9.92. The third-order valence-electron chi connectivity index (χ3n) is 6.96. The maximum atomic E-state index is 12.1. The molecule has 0 saturated carbocycles. The van der Waals surface area contributed by atoms with Gasteiger partial charge in [-0.2, -0.15) is 0 Å². The maximum Gasteiger partial charge on any atom is 0.303 e. The molecule has 200 valence electrons. The average molecular weight is 511 g/mol. The Balaban J connectivity index is 1.42. The van der Waals surface area contributed by atoms with Crippen LogP contribution in [-0.4, -0.2) is 53.7 Å². The van der Waals surface area contributed by atoms with Gasteiger partial charge in [0.15, 0.2) is 12.4 Å². The number of rotatable bonds is 9. The monoisotopic (exact) mass is 510 g/mol. The molecule has 2 N–H and O–H groups in total. The summed E-state index contributed by atoms with van der Waals surface area (Å²) in [5, 5.41) is 12.2. The molecule has 8 heteroatoms. The van der Waals surface area contributed by atoms with Crippen LogP contribution in [0.5, 0.6) is 0 Å². The molecule has 0 aliphatic carbocycles. The molecule has 2 fully saturated rings. The highest BCUT2D eigenvalue weighted by Gasteiger charge is 2.33. The van der Waals surface area contributed by atoms with Crippen molar-refractivity contribution in [2.45, 2.75) is 77.3 Å². The van der Waals surface area contributed by atoms with Crippen LogP contribution in [0.2, 0.25) is 0 Å². The minimum absolute atomic E-state index is 0.0184. The molecule has 0 unspecified atom stereocenters. The van der Waals surface area contributed by atoms with Gasteiger partial charge in [-0.3, -0.25) is 9.59 Å². The summed E-state index contributed by atoms with van der Waals surface area (Å²) in [5.74, 6) is -0.824. The molecule has 4 rings (SSSR count). The molecule has 0 aromatic heterocycles. The number of ether oxygens (including phenoxy) is 3. The second-order valence-corrected chi connectivity index (χ2v) is 9.92. The van der Waals surface area contributed by atoms with E-state index in [2.05, 4.69) is 10.2 Å². The maximum absolute atomic E-state index is 12.1. The van der Waals surface area contributed by atoms with Gasteiger partial charge in [-0.15, -0.1) is 0 Å². The number of piperidine rings is 1. The van der Waals surface area contributed by atoms with Crippen LogP contribution in [-0.2, 0) is 37.0 Å². The van der Waals surface area contributed by atoms with Crippen LogP contribution >= 0.6 is 0 Å². The molecule has 2 aliphatic heterocycles. The molecule has 2 aromatic carbocycles. The molecule has 2 aliphatic rings. The predicted octanol–water partition coefficient (Wildman–Crippen LogP) is 3.78. The van der Waals surface area contributed by atoms with Crippen LogP contribution in [0, 0.1) is 0 Å². The van der Waals surface area contributed by atoms with Crippen molar-refractivity contribution in [1.29, 1.82) is 0 Å². The van der Waals surface area contributed by atoms with Gasteiger partial charge in [0.25, 0.3) is 5.91 Å². The lowest BCUT2D eigenvalue weighted by atomic mass is 9.99. The van der Waals surface area contributed by atoms with Crippen molar-refractivity contribution in [3.05, 3.63) is 70.8 Å². The van der Waals surface area contributed by atoms with E-state index in [-0.39, 0.29) is 24.7 Å². The highest BCUT2D eigenvalue weighted by molar-refractivity contribution is 5.82. The fourth-order valence-electron chi connectivity index (χ4n) is 4.89. The van der Waals surface area contributed by atoms with Crippen molar-refractivity contribution < 1.29 is 28.9 Å². The van der Waals surface area contributed by atoms with Crippen LogP contribution in [0.4, 0.5) is 0 Å². The molecule has 2 saturated heterocycles. The first kappa shape index (κ1) is 27.3. The Morgan fingerprint density at radius 2 is 1.65 bits per heavy atom. The van der Waals surface area contributed by atoms with E-state index in [1.54, 1.807) is 6.92 Å². The number of nitrogens with one attached hydrogen (secondary N) is 1. The number of esters is 1. The van der Waals surface area contributed by atoms with Gasteiger partial charge in [-0.25, -0.2) is 0 Å². The van der Waals surface area contributed by atoms with Gasteiger partial charge < -0.3 is 29.5 Å². The minimum Gasteiger partial charge on any atom is -0.453 e. The zero-order valence-corrected chi connectivity index (χ0v) is 21.7. The number of hydrogen-bond acceptors (Lipinski definition) is 7. The summed E-state index contributed by atoms with van der Waals surface area (Å²) < 4.78 is 17.8. The third kappa shape index (κ3) is 7.85. The highest BCUT2D eigenvalue weighted by atomic mass is 16.7. The van der Waals surface area contributed by atoms with Crippen molar-refractivity contribution in [3.8, 4) is 0 Å². The van der Waals surface area contributed by atoms with Crippen LogP contribution in [0.1, 0.15) is 74.2 Å². The Kier molecular flexibility index (Phi) is 9.68. The molecule has 2 heterocycles. The Morgan fingerprint density at radius 3 is 2.30 bits per heavy atom. The predicted molar refractivity (Wildman–Crippen MR) is 138 cm³/mol. The first-order chi connectivity index (χ1) is 17.9. The molecule has 0 radical (unpaired) electrons. The zero-order chi connectivity index (χ0) is 26.2. The lowest BCUT2D eigenvalue weighted by molar-refractivity contribution is -0.253. The van der Waals surface area contributed by atoms with Gasteiger partial charge in [0.2, 0.25) is 0 Å². The van der Waals surface area contributed by atoms with Gasteiger partial charge in [0.05, 0.1) is 18.8 Å². The fourth-order valence-corrected chi connectivity index (χ4v) is 4.89. The lowest BCUT2D eigenvalue weighted by Crippen LogP contribution is -2.41. The lowest BCUT2D eigenvalue weighted by Gasteiger charge is -2.39. The molecule has 8 nitrogen and oxygen atoms in total. The first-order valence-corrected chi connectivity index (χ1v) is 13.2. The van der Waals surface area contributed by atoms with Gasteiger partial charge in [-0.1, -0.05) is 55.0 Å². The molecule has 37 heavy (non-hydrogen) atoms. The van der Waals surface area contributed by atoms with Gasteiger partial charge >= 0.3 is 5.97 Å². The Hall–Kier alpha value is -2.78. The number of nitrogens with zero attached hydrogens (tertiary/aromatic N) is 1. The van der Waals surface area contributed by atoms with Crippen molar-refractivity contribution in [2.75, 3.05) is 19.6 Å². The van der Waals surface area contributed by atoms with E-state index in [9.17, 15) is 14.7 Å². The molecule has 2 aromatic rings. The number of carbonyl (C=O) groups is 2. The van der Waals surface area contributed by atoms with Crippen molar-refractivity contribution >= 4 is 11.9 Å². The van der Waals surface area contributed by atoms with E-state index in [1.807, 2.05) is 48.5 Å². The Bertz CT molecular complexity index is 1020. The van der Waals surface area contributed by atoms with E-state index < -0.39 is 18.4 Å². The minimum atomic E-state index is -0.832. The van der Waals surface area contributed by atoms with E-state index in [0.717, 1.165) is 48.3 Å². The van der Waals surface area contributed by atoms with Gasteiger partial charge in [0, 0.05) is 32.0 Å². The number of carbonyl (C=O) groups excluding carboxylic acids is 2. The molecule has 4 atom stereocenters. The summed E-state index contributed by atoms with van der Waals surface area (Å²) in [4.78, 5) is 25.7. The number of amides is 1. The summed E-state index contributed by atoms with van der Waals surface area (Å²) in [6.45, 7) is 6.28. The molecular formula is C29H38N2O6. The van der Waals surface area contributed by atoms with Crippen LogP contribution in [0.3, 0.4) is 0 Å². The quantitative estimate of drug-likeness (QED) is 0.496. The third-order valence-corrected chi connectivity index (χ3v) is 6.96. The SMILES string of the molecule is CC(=O)O[C@@H](C)C(=O)NCc1ccc([C@@H]2O[C@H](CN3CCCCC3)C[C@H](c3ccc(CO)cc3)O2)cc1. The van der Waals surface area contributed by atoms with E-state index in [1.165, 1.54) is 26.2 Å². The summed E-state index contributed by atoms with van der Waals surface area (Å²) in [7, 11) is 0. The van der Waals surface area contributed by atoms with Crippen LogP contribution in [0.25, 0.3) is 0 Å². The highest BCUT2D eigenvalue weighted by Crippen LogP contribution is 2.38.